The van der Waals surface area contributed by atoms with Gasteiger partial charge in [0.2, 0.25) is 12.0 Å². The molecule has 0 aliphatic carbocycles. The molecule has 1 N–H and O–H groups in total. The van der Waals surface area contributed by atoms with Crippen LogP contribution >= 0.6 is 0 Å². The lowest BCUT2D eigenvalue weighted by molar-refractivity contribution is -0.715. The van der Waals surface area contributed by atoms with Crippen LogP contribution in [0.3, 0.4) is 0 Å². The number of piperidine rings is 1. The number of H-pyrrole nitrogens is 1. The minimum absolute atomic E-state index is 0.422. The van der Waals surface area contributed by atoms with Crippen molar-refractivity contribution in [3.8, 4) is 0 Å². The third-order valence-corrected chi connectivity index (χ3v) is 7.27. The first-order valence-corrected chi connectivity index (χ1v) is 16.8. The average molecular weight is 637 g/mol. The van der Waals surface area contributed by atoms with Crippen molar-refractivity contribution in [1.82, 2.24) is 44.0 Å². The molecule has 0 saturated carbocycles. The lowest BCUT2D eigenvalue weighted by atomic mass is 10.1. The Morgan fingerprint density at radius 1 is 0.826 bits per heavy atom. The van der Waals surface area contributed by atoms with E-state index >= 15 is 0 Å². The zero-order chi connectivity index (χ0) is 34.6. The fraction of sp³-hybridized carbons (Fsp3) is 0.657. The van der Waals surface area contributed by atoms with Crippen LogP contribution in [0.1, 0.15) is 130 Å². The highest BCUT2D eigenvalue weighted by Gasteiger charge is 2.12. The van der Waals surface area contributed by atoms with E-state index in [1.165, 1.54) is 32.4 Å². The number of rotatable bonds is 6. The Bertz CT molecular complexity index is 1280. The summed E-state index contributed by atoms with van der Waals surface area (Å²) >= 11 is 0. The van der Waals surface area contributed by atoms with Gasteiger partial charge in [0.1, 0.15) is 6.20 Å². The molecule has 0 unspecified atom stereocenters. The Morgan fingerprint density at radius 3 is 1.78 bits per heavy atom. The topological polar surface area (TPSA) is 93.6 Å². The van der Waals surface area contributed by atoms with Crippen molar-refractivity contribution in [3.05, 3.63) is 78.5 Å². The highest BCUT2D eigenvalue weighted by molar-refractivity contribution is 4.93. The first-order chi connectivity index (χ1) is 21.7. The monoisotopic (exact) mass is 637 g/mol. The third kappa shape index (κ3) is 16.5. The summed E-state index contributed by atoms with van der Waals surface area (Å²) in [6, 6.07) is 2.73. The van der Waals surface area contributed by atoms with E-state index in [1.54, 1.807) is 6.20 Å². The van der Waals surface area contributed by atoms with Crippen LogP contribution in [0.5, 0.6) is 0 Å². The molecule has 1 aliphatic rings. The van der Waals surface area contributed by atoms with Gasteiger partial charge in [0.25, 0.3) is 6.54 Å². The lowest BCUT2D eigenvalue weighted by Crippen LogP contribution is -2.35. The molecular formula is C35H62N11+. The highest BCUT2D eigenvalue weighted by atomic mass is 15.4. The number of aromatic nitrogens is 9. The lowest BCUT2D eigenvalue weighted by Gasteiger charge is -2.29. The molecule has 4 aromatic heterocycles. The maximum absolute atomic E-state index is 6.65. The summed E-state index contributed by atoms with van der Waals surface area (Å²) in [6.07, 6.45) is 19.6. The van der Waals surface area contributed by atoms with Gasteiger partial charge in [-0.15, -0.1) is 5.10 Å². The van der Waals surface area contributed by atoms with Crippen LogP contribution in [-0.2, 0) is 6.54 Å². The Hall–Kier alpha value is -3.78. The smallest absolute Gasteiger partial charge is 0.278 e. The molecule has 5 heterocycles. The molecule has 0 aromatic carbocycles. The Balaban J connectivity index is 0.000000289. The second-order valence-corrected chi connectivity index (χ2v) is 13.1. The molecule has 256 valence electrons. The number of likely N-dealkylation sites (tertiary alicyclic amines) is 1. The Kier molecular flexibility index (Phi) is 19.1. The first kappa shape index (κ1) is 40.2. The highest BCUT2D eigenvalue weighted by Crippen LogP contribution is 2.11. The molecule has 0 bridgehead atoms. The third-order valence-electron chi connectivity index (χ3n) is 7.27. The van der Waals surface area contributed by atoms with Crippen molar-refractivity contribution >= 4 is 0 Å². The van der Waals surface area contributed by atoms with E-state index in [1.807, 2.05) is 62.3 Å². The molecule has 4 aromatic rings. The van der Waals surface area contributed by atoms with Crippen LogP contribution in [-0.4, -0.2) is 63.1 Å². The summed E-state index contributed by atoms with van der Waals surface area (Å²) in [5.41, 5.74) is 3.04. The van der Waals surface area contributed by atoms with Crippen LogP contribution in [0.25, 0.3) is 4.85 Å². The van der Waals surface area contributed by atoms with Crippen LogP contribution in [0.4, 0.5) is 0 Å². The number of imidazole rings is 3. The number of nitrogens with zero attached hydrogens (tertiary/aromatic N) is 10. The molecule has 11 heteroatoms. The van der Waals surface area contributed by atoms with Crippen molar-refractivity contribution in [3.63, 3.8) is 0 Å². The standard InChI is InChI=1S/C8H11N3.C8H17N.C7H12N2.C6H11N3.C6H10N2/c1-7(2)11-5-8(4-9-3)10-6-11;1-8(2)9-6-4-3-5-7-9;1-6(2)9-4-7(3)8-5-9;1-5(2)9-4-6(3)7-8-9;1-6(2)8-4-3-7-5-8/h5-7H,4H2,1-2H3;8H,3-7H2,1-2H3;4-6H,1-3H3;4-5H,1-3H3;3-6H,1-2H3/p+1. The molecule has 1 saturated heterocycles. The molecule has 0 radical (unpaired) electrons. The largest absolute Gasteiger partial charge is 0.335 e. The zero-order valence-electron chi connectivity index (χ0n) is 30.7. The molecule has 5 rings (SSSR count). The number of nitrogens with one attached hydrogen (secondary N) is 1. The summed E-state index contributed by atoms with van der Waals surface area (Å²) in [4.78, 5) is 16.9. The SMILES string of the molecule is CC(C)N1CCCCC1.CC(C)n1ccnc1.Cc1cn(C(C)C)cn1.Cc1cn(C(C)C)nn1.[C-]#[N+]Cc1c[n+](C(C)C)c[nH]1. The molecule has 46 heavy (non-hydrogen) atoms. The molecule has 1 fully saturated rings. The molecular weight excluding hydrogens is 574 g/mol. The Morgan fingerprint density at radius 2 is 1.48 bits per heavy atom. The van der Waals surface area contributed by atoms with Gasteiger partial charge in [-0.3, -0.25) is 0 Å². The second kappa shape index (κ2) is 21.9. The van der Waals surface area contributed by atoms with Gasteiger partial charge < -0.3 is 18.9 Å². The number of hydrogen-bond acceptors (Lipinski definition) is 5. The van der Waals surface area contributed by atoms with Gasteiger partial charge in [-0.1, -0.05) is 11.6 Å². The molecule has 11 nitrogen and oxygen atoms in total. The molecule has 0 amide bonds. The maximum Gasteiger partial charge on any atom is 0.278 e. The predicted molar refractivity (Wildman–Crippen MR) is 187 cm³/mol. The van der Waals surface area contributed by atoms with Crippen LogP contribution < -0.4 is 4.57 Å². The normalized spacial score (nSPS) is 12.9. The van der Waals surface area contributed by atoms with Gasteiger partial charge in [0.05, 0.1) is 30.1 Å². The first-order valence-electron chi connectivity index (χ1n) is 16.8. The van der Waals surface area contributed by atoms with Crippen molar-refractivity contribution in [2.45, 2.75) is 139 Å². The fourth-order valence-corrected chi connectivity index (χ4v) is 4.23. The van der Waals surface area contributed by atoms with Gasteiger partial charge in [-0.05, 0) is 109 Å². The fourth-order valence-electron chi connectivity index (χ4n) is 4.23. The average Bonchev–Trinajstić information content (AvgIpc) is 3.83. The molecule has 1 aliphatic heterocycles. The van der Waals surface area contributed by atoms with E-state index in [2.05, 4.69) is 118 Å². The van der Waals surface area contributed by atoms with Crippen molar-refractivity contribution in [1.29, 1.82) is 0 Å². The maximum atomic E-state index is 6.65. The van der Waals surface area contributed by atoms with E-state index in [4.69, 9.17) is 6.57 Å². The van der Waals surface area contributed by atoms with E-state index < -0.39 is 0 Å². The number of aromatic amines is 1. The predicted octanol–water partition coefficient (Wildman–Crippen LogP) is 7.59. The van der Waals surface area contributed by atoms with E-state index in [9.17, 15) is 0 Å². The summed E-state index contributed by atoms with van der Waals surface area (Å²) < 4.78 is 8.05. The quantitative estimate of drug-likeness (QED) is 0.174. The summed E-state index contributed by atoms with van der Waals surface area (Å²) in [6.45, 7) is 35.2. The minimum Gasteiger partial charge on any atom is -0.335 e. The van der Waals surface area contributed by atoms with Crippen LogP contribution in [0, 0.1) is 20.4 Å². The summed E-state index contributed by atoms with van der Waals surface area (Å²) in [5, 5.41) is 7.73. The van der Waals surface area contributed by atoms with Crippen molar-refractivity contribution in [2.75, 3.05) is 13.1 Å². The van der Waals surface area contributed by atoms with Gasteiger partial charge >= 0.3 is 0 Å². The Labute approximate surface area is 278 Å². The van der Waals surface area contributed by atoms with Gasteiger partial charge in [-0.25, -0.2) is 30.8 Å². The van der Waals surface area contributed by atoms with Crippen molar-refractivity contribution < 1.29 is 4.57 Å². The van der Waals surface area contributed by atoms with E-state index in [-0.39, 0.29) is 0 Å². The zero-order valence-corrected chi connectivity index (χ0v) is 30.7. The second-order valence-electron chi connectivity index (χ2n) is 13.1. The minimum atomic E-state index is 0.422. The van der Waals surface area contributed by atoms with Gasteiger partial charge in [-0.2, -0.15) is 0 Å². The molecule has 0 atom stereocenters. The van der Waals surface area contributed by atoms with Crippen LogP contribution in [0.15, 0.2) is 50.0 Å². The van der Waals surface area contributed by atoms with Crippen LogP contribution in [0.2, 0.25) is 0 Å². The number of aryl methyl sites for hydroxylation is 2. The van der Waals surface area contributed by atoms with Crippen molar-refractivity contribution in [2.24, 2.45) is 0 Å². The van der Waals surface area contributed by atoms with Gasteiger partial charge in [0, 0.05) is 49.0 Å². The van der Waals surface area contributed by atoms with E-state index in [0.29, 0.717) is 30.7 Å². The number of hydrogen-bond donors (Lipinski definition) is 1. The van der Waals surface area contributed by atoms with E-state index in [0.717, 1.165) is 23.1 Å². The molecule has 0 spiro atoms. The van der Waals surface area contributed by atoms with Gasteiger partial charge in [0.15, 0.2) is 0 Å². The summed E-state index contributed by atoms with van der Waals surface area (Å²) in [5.74, 6) is 0. The summed E-state index contributed by atoms with van der Waals surface area (Å²) in [7, 11) is 0.